The molecule has 2 aromatic rings. The molecule has 1 aromatic carbocycles. The molecule has 1 aromatic heterocycles. The molecule has 0 amide bonds. The number of rotatable bonds is 10. The van der Waals surface area contributed by atoms with Crippen LogP contribution >= 0.6 is 7.75 Å². The van der Waals surface area contributed by atoms with Gasteiger partial charge in [0.2, 0.25) is 0 Å². The molecule has 1 aliphatic heterocycles. The molecule has 0 saturated carbocycles. The molecule has 2 heterocycles. The van der Waals surface area contributed by atoms with Crippen molar-refractivity contribution in [3.05, 3.63) is 63.4 Å². The number of quaternary nitrogens is 1. The minimum absolute atomic E-state index is 0.186. The van der Waals surface area contributed by atoms with Crippen LogP contribution in [0, 0.1) is 0 Å². The van der Waals surface area contributed by atoms with Gasteiger partial charge < -0.3 is 19.1 Å². The van der Waals surface area contributed by atoms with Gasteiger partial charge in [-0.15, -0.1) is 0 Å². The van der Waals surface area contributed by atoms with E-state index in [2.05, 4.69) is 0 Å². The lowest BCUT2D eigenvalue weighted by molar-refractivity contribution is -0.549. The van der Waals surface area contributed by atoms with Crippen molar-refractivity contribution in [2.75, 3.05) is 6.61 Å². The van der Waals surface area contributed by atoms with Gasteiger partial charge in [0.1, 0.15) is 18.0 Å². The number of carbonyl (C=O) groups excluding carboxylic acids is 1. The zero-order valence-corrected chi connectivity index (χ0v) is 20.2. The van der Waals surface area contributed by atoms with Crippen LogP contribution in [0.5, 0.6) is 5.75 Å². The Kier molecular flexibility index (Phi) is 8.62. The maximum atomic E-state index is 14.8. The van der Waals surface area contributed by atoms with Crippen LogP contribution in [0.3, 0.4) is 0 Å². The number of aromatic amines is 1. The van der Waals surface area contributed by atoms with Crippen molar-refractivity contribution in [2.24, 2.45) is 0 Å². The molecule has 12 nitrogen and oxygen atoms in total. The zero-order chi connectivity index (χ0) is 25.8. The van der Waals surface area contributed by atoms with Crippen LogP contribution in [0.4, 0.5) is 4.39 Å². The van der Waals surface area contributed by atoms with E-state index in [9.17, 15) is 28.4 Å². The van der Waals surface area contributed by atoms with E-state index in [-0.39, 0.29) is 5.75 Å². The number of ether oxygens (including phenoxy) is 2. The Labute approximate surface area is 199 Å². The minimum Gasteiger partial charge on any atom is -0.459 e. The number of hydrogen-bond donors (Lipinski definition) is 3. The number of hydrogen-bond acceptors (Lipinski definition) is 9. The maximum absolute atomic E-state index is 14.8. The van der Waals surface area contributed by atoms with Gasteiger partial charge in [-0.05, 0) is 32.9 Å². The number of aliphatic hydroxyl groups is 1. The largest absolute Gasteiger partial charge is 0.584 e. The van der Waals surface area contributed by atoms with Crippen LogP contribution < -0.4 is 20.9 Å². The number of para-hydroxylation sites is 1. The predicted molar refractivity (Wildman–Crippen MR) is 119 cm³/mol. The van der Waals surface area contributed by atoms with E-state index in [0.29, 0.717) is 0 Å². The lowest BCUT2D eigenvalue weighted by Crippen LogP contribution is -2.87. The summed E-state index contributed by atoms with van der Waals surface area (Å²) in [6.07, 6.45) is -6.05. The van der Waals surface area contributed by atoms with Crippen molar-refractivity contribution in [3.63, 3.8) is 0 Å². The number of esters is 1. The van der Waals surface area contributed by atoms with Crippen LogP contribution in [-0.2, 0) is 23.4 Å². The Bertz CT molecular complexity index is 1170. The summed E-state index contributed by atoms with van der Waals surface area (Å²) in [5, 5.41) is 11.4. The van der Waals surface area contributed by atoms with E-state index in [1.165, 1.54) is 19.1 Å². The first-order valence-electron chi connectivity index (χ1n) is 10.8. The monoisotopic (exact) mass is 516 g/mol. The number of aliphatic hydroxyl groups excluding tert-OH is 1. The predicted octanol–water partition coefficient (Wildman–Crippen LogP) is 0.240. The summed E-state index contributed by atoms with van der Waals surface area (Å²) in [6, 6.07) is 8.06. The van der Waals surface area contributed by atoms with Crippen LogP contribution in [0.25, 0.3) is 0 Å². The summed E-state index contributed by atoms with van der Waals surface area (Å²) in [7, 11) is -4.16. The molecule has 1 unspecified atom stereocenters. The fourth-order valence-corrected chi connectivity index (χ4v) is 4.91. The standard InChI is InChI=1S/C21H27FN3O9P/c1-12(2)32-20(28)13(3)24-35(30,34-14-7-5-4-6-8-14)31-11-15-18(27)17(22)19(33-15)25-10-9-16(26)23-21(25)29/h4-10,12-13,15,17-19,27H,11H2,1-3H3,(H,24,30)(H,23,26,29)/p+1/t13-,15?,17-,18+,19+,35-/m0/s1. The number of aromatic nitrogens is 2. The molecule has 4 N–H and O–H groups in total. The summed E-state index contributed by atoms with van der Waals surface area (Å²) in [5.74, 6) is -0.468. The van der Waals surface area contributed by atoms with Gasteiger partial charge in [0.05, 0.1) is 12.7 Å². The second kappa shape index (κ2) is 11.3. The van der Waals surface area contributed by atoms with Crippen molar-refractivity contribution >= 4 is 13.7 Å². The summed E-state index contributed by atoms with van der Waals surface area (Å²) in [5.41, 5.74) is -1.61. The molecular formula is C21H28FN3O9P+. The van der Waals surface area contributed by atoms with Crippen molar-refractivity contribution in [2.45, 2.75) is 57.5 Å². The molecule has 35 heavy (non-hydrogen) atoms. The fraction of sp³-hybridized carbons (Fsp3) is 0.476. The van der Waals surface area contributed by atoms with E-state index in [1.807, 2.05) is 4.98 Å². The zero-order valence-electron chi connectivity index (χ0n) is 19.3. The van der Waals surface area contributed by atoms with Gasteiger partial charge in [-0.3, -0.25) is 18.9 Å². The third-order valence-electron chi connectivity index (χ3n) is 4.94. The highest BCUT2D eigenvalue weighted by Gasteiger charge is 2.48. The first-order chi connectivity index (χ1) is 16.5. The van der Waals surface area contributed by atoms with Gasteiger partial charge in [0.15, 0.2) is 18.4 Å². The average Bonchev–Trinajstić information content (AvgIpc) is 3.06. The topological polar surface area (TPSA) is 163 Å². The molecule has 6 atom stereocenters. The quantitative estimate of drug-likeness (QED) is 0.297. The maximum Gasteiger partial charge on any atom is 0.584 e. The SMILES string of the molecule is CC(C)OC(=O)[C@H](C)[NH2+][P@](=O)(OCC1O[C@@H](n2ccc(=O)[nH]c2=O)[C@@H](F)[C@@H]1O)Oc1ccccc1. The van der Waals surface area contributed by atoms with Gasteiger partial charge in [0, 0.05) is 12.3 Å². The number of benzene rings is 1. The fourth-order valence-electron chi connectivity index (χ4n) is 3.27. The van der Waals surface area contributed by atoms with E-state index >= 15 is 0 Å². The molecule has 0 aliphatic carbocycles. The molecule has 1 saturated heterocycles. The van der Waals surface area contributed by atoms with Crippen LogP contribution in [-0.4, -0.2) is 57.8 Å². The highest BCUT2D eigenvalue weighted by molar-refractivity contribution is 7.46. The molecule has 14 heteroatoms. The van der Waals surface area contributed by atoms with Gasteiger partial charge in [-0.1, -0.05) is 18.2 Å². The van der Waals surface area contributed by atoms with Crippen molar-refractivity contribution in [3.8, 4) is 5.75 Å². The molecule has 0 spiro atoms. The van der Waals surface area contributed by atoms with Gasteiger partial charge >= 0.3 is 19.4 Å². The lowest BCUT2D eigenvalue weighted by Gasteiger charge is -2.21. The van der Waals surface area contributed by atoms with Gasteiger partial charge in [-0.2, -0.15) is 4.57 Å². The molecule has 0 bridgehead atoms. The van der Waals surface area contributed by atoms with Crippen LogP contribution in [0.1, 0.15) is 27.0 Å². The summed E-state index contributed by atoms with van der Waals surface area (Å²) in [6.45, 7) is 4.18. The number of H-pyrrole nitrogens is 1. The Balaban J connectivity index is 1.75. The molecule has 3 rings (SSSR count). The van der Waals surface area contributed by atoms with E-state index in [0.717, 1.165) is 21.9 Å². The molecular weight excluding hydrogens is 488 g/mol. The van der Waals surface area contributed by atoms with Crippen molar-refractivity contribution in [1.82, 2.24) is 9.55 Å². The number of alkyl halides is 1. The van der Waals surface area contributed by atoms with Crippen molar-refractivity contribution < 1.29 is 42.5 Å². The summed E-state index contributed by atoms with van der Waals surface area (Å²) < 4.78 is 50.7. The number of carbonyl (C=O) groups is 1. The van der Waals surface area contributed by atoms with Crippen LogP contribution in [0.15, 0.2) is 52.2 Å². The third-order valence-corrected chi connectivity index (χ3v) is 6.73. The first kappa shape index (κ1) is 26.8. The second-order valence-corrected chi connectivity index (χ2v) is 10.00. The smallest absolute Gasteiger partial charge is 0.459 e. The Hall–Kier alpha value is -2.83. The Morgan fingerprint density at radius 1 is 1.26 bits per heavy atom. The molecule has 192 valence electrons. The molecule has 1 fully saturated rings. The average molecular weight is 516 g/mol. The Morgan fingerprint density at radius 3 is 2.57 bits per heavy atom. The number of nitrogens with one attached hydrogen (secondary N) is 1. The van der Waals surface area contributed by atoms with E-state index in [4.69, 9.17) is 18.5 Å². The highest BCUT2D eigenvalue weighted by Crippen LogP contribution is 2.41. The lowest BCUT2D eigenvalue weighted by atomic mass is 10.1. The number of halogens is 1. The highest BCUT2D eigenvalue weighted by atomic mass is 31.2. The third kappa shape index (κ3) is 6.86. The summed E-state index contributed by atoms with van der Waals surface area (Å²) in [4.78, 5) is 37.5. The minimum atomic E-state index is -4.16. The van der Waals surface area contributed by atoms with Crippen LogP contribution in [0.2, 0.25) is 0 Å². The van der Waals surface area contributed by atoms with E-state index < -0.39 is 68.3 Å². The Morgan fingerprint density at radius 2 is 1.94 bits per heavy atom. The van der Waals surface area contributed by atoms with Gasteiger partial charge in [-0.25, -0.2) is 19.1 Å². The number of nitrogens with zero attached hydrogens (tertiary/aromatic N) is 1. The van der Waals surface area contributed by atoms with Crippen molar-refractivity contribution in [1.29, 1.82) is 0 Å². The summed E-state index contributed by atoms with van der Waals surface area (Å²) >= 11 is 0. The number of nitrogens with two attached hydrogens (primary N) is 1. The molecule has 1 aliphatic rings. The second-order valence-electron chi connectivity index (χ2n) is 8.18. The van der Waals surface area contributed by atoms with E-state index in [1.54, 1.807) is 32.0 Å². The normalized spacial score (nSPS) is 24.6. The first-order valence-corrected chi connectivity index (χ1v) is 12.4. The van der Waals surface area contributed by atoms with Gasteiger partial charge in [0.25, 0.3) is 5.56 Å². The molecule has 0 radical (unpaired) electrons.